The van der Waals surface area contributed by atoms with Gasteiger partial charge in [0, 0.05) is 0 Å². The fourth-order valence-corrected chi connectivity index (χ4v) is 5.94. The van der Waals surface area contributed by atoms with Gasteiger partial charge in [0.15, 0.2) is 0 Å². The third-order valence-corrected chi connectivity index (χ3v) is 6.97. The van der Waals surface area contributed by atoms with Gasteiger partial charge >= 0.3 is 142 Å². The molecule has 124 valence electrons. The summed E-state index contributed by atoms with van der Waals surface area (Å²) in [5.74, 6) is -0.656. The molecule has 2 fully saturated rings. The van der Waals surface area contributed by atoms with Crippen molar-refractivity contribution < 1.29 is 14.3 Å². The van der Waals surface area contributed by atoms with E-state index in [1.54, 1.807) is 0 Å². The van der Waals surface area contributed by atoms with Gasteiger partial charge in [-0.15, -0.1) is 0 Å². The van der Waals surface area contributed by atoms with Gasteiger partial charge in [-0.05, 0) is 0 Å². The predicted molar refractivity (Wildman–Crippen MR) is 85.3 cm³/mol. The van der Waals surface area contributed by atoms with E-state index in [2.05, 4.69) is 4.98 Å². The number of fused-ring (bicyclic) bond motifs is 1. The van der Waals surface area contributed by atoms with Crippen LogP contribution < -0.4 is 15.7 Å². The number of H-pyrrole nitrogens is 1. The van der Waals surface area contributed by atoms with E-state index in [9.17, 15) is 14.4 Å². The van der Waals surface area contributed by atoms with Crippen molar-refractivity contribution in [3.05, 3.63) is 63.4 Å². The molecule has 0 bridgehead atoms. The van der Waals surface area contributed by atoms with Crippen LogP contribution in [0.3, 0.4) is 0 Å². The number of carbonyl (C=O) groups excluding carboxylic acids is 1. The zero-order valence-electron chi connectivity index (χ0n) is 12.5. The van der Waals surface area contributed by atoms with E-state index in [1.807, 2.05) is 30.3 Å². The Morgan fingerprint density at radius 2 is 1.92 bits per heavy atom. The number of benzene rings is 1. The molecular weight excluding hydrogens is 379 g/mol. The molecule has 2 saturated heterocycles. The van der Waals surface area contributed by atoms with Crippen molar-refractivity contribution in [2.24, 2.45) is 5.92 Å². The van der Waals surface area contributed by atoms with Crippen LogP contribution in [0.4, 0.5) is 0 Å². The summed E-state index contributed by atoms with van der Waals surface area (Å²) in [4.78, 5) is 37.6. The molecule has 8 heteroatoms. The average molecular weight is 393 g/mol. The Morgan fingerprint density at radius 3 is 2.67 bits per heavy atom. The van der Waals surface area contributed by atoms with E-state index in [0.29, 0.717) is 0 Å². The Balaban J connectivity index is 1.73. The number of hydrogen-bond donors (Lipinski definition) is 1. The van der Waals surface area contributed by atoms with E-state index < -0.39 is 17.5 Å². The van der Waals surface area contributed by atoms with E-state index in [1.165, 1.54) is 16.8 Å². The SMILES string of the molecule is O=C1OC[C@H]2O[C@H](n3ccc(=O)[nH]c3=O)[C@@H]([Se]c3ccccc3)[C@@H]12. The van der Waals surface area contributed by atoms with E-state index in [0.717, 1.165) is 4.46 Å². The molecule has 4 rings (SSSR count). The van der Waals surface area contributed by atoms with Gasteiger partial charge in [0.1, 0.15) is 0 Å². The summed E-state index contributed by atoms with van der Waals surface area (Å²) in [6.07, 6.45) is 0.487. The Bertz CT molecular complexity index is 878. The second-order valence-corrected chi connectivity index (χ2v) is 8.26. The molecule has 0 radical (unpaired) electrons. The Kier molecular flexibility index (Phi) is 3.88. The first-order valence-electron chi connectivity index (χ1n) is 7.49. The van der Waals surface area contributed by atoms with Crippen molar-refractivity contribution in [3.8, 4) is 0 Å². The van der Waals surface area contributed by atoms with E-state index in [4.69, 9.17) is 9.47 Å². The zero-order valence-corrected chi connectivity index (χ0v) is 14.2. The minimum atomic E-state index is -0.586. The monoisotopic (exact) mass is 394 g/mol. The summed E-state index contributed by atoms with van der Waals surface area (Å²) in [5, 5.41) is 0. The third kappa shape index (κ3) is 2.62. The average Bonchev–Trinajstić information content (AvgIpc) is 3.10. The summed E-state index contributed by atoms with van der Waals surface area (Å²) in [6.45, 7) is 0.208. The van der Waals surface area contributed by atoms with Crippen LogP contribution in [0.1, 0.15) is 6.23 Å². The van der Waals surface area contributed by atoms with Crippen LogP contribution in [0.5, 0.6) is 0 Å². The Hall–Kier alpha value is -2.15. The first kappa shape index (κ1) is 15.4. The molecule has 2 aliphatic heterocycles. The Labute approximate surface area is 142 Å². The molecule has 3 heterocycles. The van der Waals surface area contributed by atoms with Crippen molar-refractivity contribution in [2.45, 2.75) is 17.1 Å². The Morgan fingerprint density at radius 1 is 1.12 bits per heavy atom. The molecule has 1 aromatic carbocycles. The fourth-order valence-electron chi connectivity index (χ4n) is 3.06. The standard InChI is InChI=1S/C16H14N2O5Se/c19-11-6-7-18(16(21)17-11)14-13(24-9-4-2-1-3-5-9)12-10(23-14)8-22-15(12)20/h1-7,10,12-14H,8H2,(H,17,19,21)/t10-,12+,13+,14+/m1/s1. The van der Waals surface area contributed by atoms with Crippen molar-refractivity contribution in [1.29, 1.82) is 0 Å². The van der Waals surface area contributed by atoms with Crippen LogP contribution in [0.2, 0.25) is 4.82 Å². The summed E-state index contributed by atoms with van der Waals surface area (Å²) >= 11 is -0.0930. The van der Waals surface area contributed by atoms with Crippen LogP contribution >= 0.6 is 0 Å². The molecule has 2 aliphatic rings. The van der Waals surface area contributed by atoms with E-state index >= 15 is 0 Å². The number of aromatic amines is 1. The summed E-state index contributed by atoms with van der Waals surface area (Å²) in [6, 6.07) is 11.1. The van der Waals surface area contributed by atoms with Gasteiger partial charge in [-0.3, -0.25) is 0 Å². The number of nitrogens with zero attached hydrogens (tertiary/aromatic N) is 1. The second kappa shape index (κ2) is 6.05. The van der Waals surface area contributed by atoms with Crippen LogP contribution in [-0.2, 0) is 14.3 Å². The molecule has 0 aliphatic carbocycles. The fraction of sp³-hybridized carbons (Fsp3) is 0.312. The summed E-state index contributed by atoms with van der Waals surface area (Å²) < 4.78 is 13.6. The zero-order chi connectivity index (χ0) is 16.7. The number of esters is 1. The molecule has 7 nitrogen and oxygen atoms in total. The molecule has 4 atom stereocenters. The van der Waals surface area contributed by atoms with E-state index in [-0.39, 0.29) is 44.4 Å². The quantitative estimate of drug-likeness (QED) is 0.557. The molecule has 0 saturated carbocycles. The maximum absolute atomic E-state index is 12.1. The number of nitrogens with one attached hydrogen (secondary N) is 1. The summed E-state index contributed by atoms with van der Waals surface area (Å²) in [5.41, 5.74) is -0.992. The van der Waals surface area contributed by atoms with Gasteiger partial charge in [0.2, 0.25) is 0 Å². The van der Waals surface area contributed by atoms with Crippen LogP contribution in [-0.4, -0.2) is 43.2 Å². The van der Waals surface area contributed by atoms with Gasteiger partial charge in [-0.1, -0.05) is 0 Å². The number of hydrogen-bond acceptors (Lipinski definition) is 5. The molecule has 24 heavy (non-hydrogen) atoms. The van der Waals surface area contributed by atoms with Gasteiger partial charge in [-0.2, -0.15) is 0 Å². The minimum absolute atomic E-state index is 0.0930. The molecule has 1 N–H and O–H groups in total. The van der Waals surface area contributed by atoms with Crippen LogP contribution in [0.25, 0.3) is 0 Å². The van der Waals surface area contributed by atoms with Gasteiger partial charge < -0.3 is 0 Å². The first-order chi connectivity index (χ1) is 11.6. The topological polar surface area (TPSA) is 90.4 Å². The van der Waals surface area contributed by atoms with Gasteiger partial charge in [0.25, 0.3) is 0 Å². The number of rotatable bonds is 3. The number of carbonyl (C=O) groups is 1. The van der Waals surface area contributed by atoms with Crippen molar-refractivity contribution in [3.63, 3.8) is 0 Å². The molecule has 0 spiro atoms. The van der Waals surface area contributed by atoms with Gasteiger partial charge in [-0.25, -0.2) is 0 Å². The molecule has 0 amide bonds. The third-order valence-electron chi connectivity index (χ3n) is 4.15. The van der Waals surface area contributed by atoms with Crippen LogP contribution in [0, 0.1) is 5.92 Å². The predicted octanol–water partition coefficient (Wildman–Crippen LogP) is -0.575. The molecule has 1 aromatic heterocycles. The normalized spacial score (nSPS) is 28.6. The molecule has 0 unspecified atom stereocenters. The molecule has 2 aromatic rings. The first-order valence-corrected chi connectivity index (χ1v) is 9.33. The van der Waals surface area contributed by atoms with Crippen molar-refractivity contribution in [2.75, 3.05) is 6.61 Å². The maximum atomic E-state index is 12.1. The number of aromatic nitrogens is 2. The number of ether oxygens (including phenoxy) is 2. The molecular formula is C16H14N2O5Se. The number of cyclic esters (lactones) is 1. The van der Waals surface area contributed by atoms with Crippen LogP contribution in [0.15, 0.2) is 52.2 Å². The summed E-state index contributed by atoms with van der Waals surface area (Å²) in [7, 11) is 0. The van der Waals surface area contributed by atoms with Crippen molar-refractivity contribution >= 4 is 25.4 Å². The second-order valence-electron chi connectivity index (χ2n) is 5.63. The van der Waals surface area contributed by atoms with Gasteiger partial charge in [0.05, 0.1) is 0 Å². The van der Waals surface area contributed by atoms with Crippen molar-refractivity contribution in [1.82, 2.24) is 9.55 Å².